The van der Waals surface area contributed by atoms with Crippen LogP contribution in [-0.2, 0) is 19.6 Å². The lowest BCUT2D eigenvalue weighted by atomic mass is 10.0. The van der Waals surface area contributed by atoms with E-state index in [1.807, 2.05) is 32.0 Å². The first-order valence-corrected chi connectivity index (χ1v) is 14.5. The van der Waals surface area contributed by atoms with Gasteiger partial charge in [0, 0.05) is 23.2 Å². The predicted molar refractivity (Wildman–Crippen MR) is 146 cm³/mol. The molecular formula is C28H34N4O6S. The highest BCUT2D eigenvalue weighted by molar-refractivity contribution is 7.89. The normalized spacial score (nSPS) is 17.7. The molecule has 4 rings (SSSR count). The number of aromatic nitrogens is 1. The monoisotopic (exact) mass is 554 g/mol. The first-order valence-electron chi connectivity index (χ1n) is 13.0. The van der Waals surface area contributed by atoms with E-state index in [1.165, 1.54) is 6.07 Å². The lowest BCUT2D eigenvalue weighted by molar-refractivity contribution is -0.129. The molecule has 1 fully saturated rings. The van der Waals surface area contributed by atoms with Crippen molar-refractivity contribution in [3.05, 3.63) is 59.5 Å². The van der Waals surface area contributed by atoms with Crippen molar-refractivity contribution in [3.8, 4) is 0 Å². The fourth-order valence-corrected chi connectivity index (χ4v) is 6.18. The minimum absolute atomic E-state index is 0.0742. The summed E-state index contributed by atoms with van der Waals surface area (Å²) in [6.07, 6.45) is 1.00. The Hall–Kier alpha value is -3.57. The number of hydrogen-bond acceptors (Lipinski definition) is 7. The Labute approximate surface area is 228 Å². The molecule has 0 bridgehead atoms. The standard InChI is InChI=1S/C28H34N4O6S/c1-17(2)15-22(31-28(35)26-19(4)20-10-5-6-12-24(20)38-26)27(34)30-21-11-8-14-32(16-23(21)33)39(36,37)25-13-7-9-18(3)29-25/h5-7,9-10,12-13,17,21-22H,8,11,14-16H2,1-4H3,(H,30,34)(H,31,35)/t21?,22-/m0/s1. The Morgan fingerprint density at radius 1 is 1.13 bits per heavy atom. The fraction of sp³-hybridized carbons (Fsp3) is 0.429. The highest BCUT2D eigenvalue weighted by atomic mass is 32.2. The third kappa shape index (κ3) is 6.36. The van der Waals surface area contributed by atoms with Gasteiger partial charge in [-0.05, 0) is 57.2 Å². The van der Waals surface area contributed by atoms with E-state index in [-0.39, 0.29) is 36.2 Å². The van der Waals surface area contributed by atoms with Crippen molar-refractivity contribution in [1.29, 1.82) is 0 Å². The van der Waals surface area contributed by atoms with Crippen LogP contribution in [0.3, 0.4) is 0 Å². The molecule has 1 aliphatic heterocycles. The van der Waals surface area contributed by atoms with Gasteiger partial charge in [-0.3, -0.25) is 14.4 Å². The second-order valence-electron chi connectivity index (χ2n) is 10.3. The van der Waals surface area contributed by atoms with E-state index in [1.54, 1.807) is 32.0 Å². The summed E-state index contributed by atoms with van der Waals surface area (Å²) in [5.74, 6) is -1.22. The van der Waals surface area contributed by atoms with Gasteiger partial charge in [-0.2, -0.15) is 4.31 Å². The van der Waals surface area contributed by atoms with E-state index in [4.69, 9.17) is 4.42 Å². The molecule has 2 atom stereocenters. The van der Waals surface area contributed by atoms with Gasteiger partial charge in [0.25, 0.3) is 15.9 Å². The smallest absolute Gasteiger partial charge is 0.287 e. The number of Topliss-reactive ketones (excluding diaryl/α,β-unsaturated/α-hetero) is 1. The molecule has 0 saturated carbocycles. The summed E-state index contributed by atoms with van der Waals surface area (Å²) in [6, 6.07) is 10.2. The fourth-order valence-electron chi connectivity index (χ4n) is 4.74. The van der Waals surface area contributed by atoms with E-state index in [9.17, 15) is 22.8 Å². The number of nitrogens with one attached hydrogen (secondary N) is 2. The average molecular weight is 555 g/mol. The number of carbonyl (C=O) groups is 3. The Kier molecular flexibility index (Phi) is 8.51. The van der Waals surface area contributed by atoms with Crippen molar-refractivity contribution in [1.82, 2.24) is 19.9 Å². The van der Waals surface area contributed by atoms with Gasteiger partial charge in [-0.25, -0.2) is 13.4 Å². The van der Waals surface area contributed by atoms with Crippen molar-refractivity contribution in [2.24, 2.45) is 5.92 Å². The van der Waals surface area contributed by atoms with Crippen molar-refractivity contribution in [2.75, 3.05) is 13.1 Å². The van der Waals surface area contributed by atoms with Gasteiger partial charge in [-0.1, -0.05) is 38.1 Å². The number of hydrogen-bond donors (Lipinski definition) is 2. The molecule has 1 saturated heterocycles. The molecule has 1 aliphatic rings. The Balaban J connectivity index is 1.46. The number of para-hydroxylation sites is 1. The average Bonchev–Trinajstić information content (AvgIpc) is 3.11. The number of sulfonamides is 1. The molecule has 0 spiro atoms. The molecule has 0 aliphatic carbocycles. The third-order valence-electron chi connectivity index (χ3n) is 6.78. The van der Waals surface area contributed by atoms with Gasteiger partial charge in [0.1, 0.15) is 11.6 Å². The van der Waals surface area contributed by atoms with Crippen LogP contribution in [0.4, 0.5) is 0 Å². The zero-order valence-electron chi connectivity index (χ0n) is 22.6. The molecule has 0 radical (unpaired) electrons. The highest BCUT2D eigenvalue weighted by Crippen LogP contribution is 2.25. The molecule has 1 aromatic carbocycles. The van der Waals surface area contributed by atoms with Crippen LogP contribution in [0.25, 0.3) is 11.0 Å². The quantitative estimate of drug-likeness (QED) is 0.436. The minimum atomic E-state index is -3.97. The molecule has 2 amide bonds. The Morgan fingerprint density at radius 3 is 2.56 bits per heavy atom. The topological polar surface area (TPSA) is 139 Å². The lowest BCUT2D eigenvalue weighted by Crippen LogP contribution is -2.52. The van der Waals surface area contributed by atoms with Gasteiger partial charge in [0.2, 0.25) is 5.91 Å². The van der Waals surface area contributed by atoms with Crippen LogP contribution in [0.5, 0.6) is 0 Å². The molecule has 2 N–H and O–H groups in total. The van der Waals surface area contributed by atoms with Gasteiger partial charge >= 0.3 is 0 Å². The van der Waals surface area contributed by atoms with Crippen LogP contribution >= 0.6 is 0 Å². The predicted octanol–water partition coefficient (Wildman–Crippen LogP) is 3.13. The van der Waals surface area contributed by atoms with Crippen molar-refractivity contribution in [3.63, 3.8) is 0 Å². The maximum absolute atomic E-state index is 13.3. The van der Waals surface area contributed by atoms with Crippen LogP contribution in [0.2, 0.25) is 0 Å². The van der Waals surface area contributed by atoms with Gasteiger partial charge in [0.05, 0.1) is 12.6 Å². The highest BCUT2D eigenvalue weighted by Gasteiger charge is 2.35. The molecule has 11 heteroatoms. The summed E-state index contributed by atoms with van der Waals surface area (Å²) in [4.78, 5) is 43.6. The summed E-state index contributed by atoms with van der Waals surface area (Å²) in [5, 5.41) is 6.24. The van der Waals surface area contributed by atoms with Crippen LogP contribution in [0, 0.1) is 19.8 Å². The molecular weight excluding hydrogens is 520 g/mol. The summed E-state index contributed by atoms with van der Waals surface area (Å²) in [5.41, 5.74) is 1.81. The number of ketones is 1. The number of pyridine rings is 1. The van der Waals surface area contributed by atoms with Crippen molar-refractivity contribution < 1.29 is 27.2 Å². The van der Waals surface area contributed by atoms with Crippen molar-refractivity contribution >= 4 is 38.6 Å². The summed E-state index contributed by atoms with van der Waals surface area (Å²) < 4.78 is 33.1. The van der Waals surface area contributed by atoms with Gasteiger partial charge in [0.15, 0.2) is 16.6 Å². The number of aryl methyl sites for hydroxylation is 2. The molecule has 1 unspecified atom stereocenters. The first kappa shape index (κ1) is 28.4. The number of nitrogens with zero attached hydrogens (tertiary/aromatic N) is 2. The van der Waals surface area contributed by atoms with Crippen LogP contribution in [0.1, 0.15) is 54.9 Å². The number of rotatable bonds is 8. The first-order chi connectivity index (χ1) is 18.5. The van der Waals surface area contributed by atoms with Gasteiger partial charge < -0.3 is 15.1 Å². The zero-order chi connectivity index (χ0) is 28.3. The van der Waals surface area contributed by atoms with Crippen LogP contribution < -0.4 is 10.6 Å². The van der Waals surface area contributed by atoms with E-state index in [0.717, 1.165) is 9.69 Å². The minimum Gasteiger partial charge on any atom is -0.451 e. The van der Waals surface area contributed by atoms with Gasteiger partial charge in [-0.15, -0.1) is 0 Å². The molecule has 2 aromatic heterocycles. The maximum Gasteiger partial charge on any atom is 0.287 e. The number of carbonyl (C=O) groups excluding carboxylic acids is 3. The Bertz CT molecular complexity index is 1500. The van der Waals surface area contributed by atoms with Crippen molar-refractivity contribution in [2.45, 2.75) is 64.1 Å². The molecule has 10 nitrogen and oxygen atoms in total. The molecule has 208 valence electrons. The van der Waals surface area contributed by atoms with E-state index < -0.39 is 39.7 Å². The maximum atomic E-state index is 13.3. The van der Waals surface area contributed by atoms with Crippen LogP contribution in [-0.4, -0.2) is 60.5 Å². The second-order valence-corrected chi connectivity index (χ2v) is 12.2. The van der Waals surface area contributed by atoms with E-state index in [0.29, 0.717) is 29.7 Å². The number of fused-ring (bicyclic) bond motifs is 1. The molecule has 39 heavy (non-hydrogen) atoms. The Morgan fingerprint density at radius 2 is 1.87 bits per heavy atom. The van der Waals surface area contributed by atoms with E-state index >= 15 is 0 Å². The van der Waals surface area contributed by atoms with Crippen LogP contribution in [0.15, 0.2) is 51.9 Å². The SMILES string of the molecule is Cc1cccc(S(=O)(=O)N2CCCC(NC(=O)[C@H](CC(C)C)NC(=O)c3oc4ccccc4c3C)C(=O)C2)n1. The molecule has 3 heterocycles. The third-order valence-corrected chi connectivity index (χ3v) is 8.53. The largest absolute Gasteiger partial charge is 0.451 e. The summed E-state index contributed by atoms with van der Waals surface area (Å²) >= 11 is 0. The van der Waals surface area contributed by atoms with E-state index in [2.05, 4.69) is 15.6 Å². The lowest BCUT2D eigenvalue weighted by Gasteiger charge is -2.23. The summed E-state index contributed by atoms with van der Waals surface area (Å²) in [7, 11) is -3.97. The summed E-state index contributed by atoms with van der Waals surface area (Å²) in [6.45, 7) is 7.10. The molecule has 3 aromatic rings. The zero-order valence-corrected chi connectivity index (χ0v) is 23.4. The second kappa shape index (κ2) is 11.7. The number of furan rings is 1. The number of benzene rings is 1. The number of amides is 2.